The number of hydrogen-bond acceptors (Lipinski definition) is 6. The van der Waals surface area contributed by atoms with E-state index in [1.54, 1.807) is 24.3 Å². The summed E-state index contributed by atoms with van der Waals surface area (Å²) in [5.74, 6) is -1.67. The number of nitro benzene ring substituents is 1. The summed E-state index contributed by atoms with van der Waals surface area (Å²) in [4.78, 5) is 46.0. The molecule has 3 amide bonds. The molecule has 2 aromatic rings. The van der Waals surface area contributed by atoms with Crippen LogP contribution >= 0.6 is 12.2 Å². The van der Waals surface area contributed by atoms with Crippen molar-refractivity contribution >= 4 is 46.4 Å². The van der Waals surface area contributed by atoms with Crippen LogP contribution in [0.15, 0.2) is 54.6 Å². The van der Waals surface area contributed by atoms with Crippen LogP contribution in [0, 0.1) is 10.1 Å². The Labute approximate surface area is 170 Å². The first-order chi connectivity index (χ1) is 13.9. The number of nitro groups is 1. The Kier molecular flexibility index (Phi) is 7.74. The number of carbonyl (C=O) groups is 3. The van der Waals surface area contributed by atoms with Crippen molar-refractivity contribution in [3.05, 3.63) is 70.3 Å². The maximum absolute atomic E-state index is 12.1. The van der Waals surface area contributed by atoms with E-state index < -0.39 is 16.7 Å². The van der Waals surface area contributed by atoms with Gasteiger partial charge in [-0.15, -0.1) is 0 Å². The normalized spacial score (nSPS) is 9.79. The Morgan fingerprint density at radius 1 is 0.897 bits per heavy atom. The van der Waals surface area contributed by atoms with Crippen molar-refractivity contribution in [2.45, 2.75) is 12.8 Å². The van der Waals surface area contributed by atoms with Gasteiger partial charge in [0.2, 0.25) is 11.8 Å². The fourth-order valence-corrected chi connectivity index (χ4v) is 2.33. The maximum atomic E-state index is 12.1. The molecule has 0 fully saturated rings. The van der Waals surface area contributed by atoms with E-state index in [0.717, 1.165) is 0 Å². The molecule has 2 aromatic carbocycles. The molecule has 0 aliphatic carbocycles. The lowest BCUT2D eigenvalue weighted by molar-refractivity contribution is -0.385. The third-order valence-corrected chi connectivity index (χ3v) is 3.73. The molecular formula is C18H17N5O5S. The van der Waals surface area contributed by atoms with Crippen LogP contribution in [0.5, 0.6) is 0 Å². The van der Waals surface area contributed by atoms with Crippen LogP contribution < -0.4 is 21.5 Å². The predicted molar refractivity (Wildman–Crippen MR) is 109 cm³/mol. The van der Waals surface area contributed by atoms with E-state index in [-0.39, 0.29) is 35.1 Å². The molecule has 0 aliphatic rings. The van der Waals surface area contributed by atoms with Gasteiger partial charge in [-0.2, -0.15) is 0 Å². The number of hydrogen-bond donors (Lipinski definition) is 4. The zero-order valence-corrected chi connectivity index (χ0v) is 15.8. The fourth-order valence-electron chi connectivity index (χ4n) is 2.19. The summed E-state index contributed by atoms with van der Waals surface area (Å²) in [5, 5.41) is 15.6. The van der Waals surface area contributed by atoms with Gasteiger partial charge in [0.05, 0.1) is 4.92 Å². The molecule has 0 aromatic heterocycles. The van der Waals surface area contributed by atoms with Crippen molar-refractivity contribution in [1.82, 2.24) is 16.2 Å². The quantitative estimate of drug-likeness (QED) is 0.319. The Morgan fingerprint density at radius 2 is 1.52 bits per heavy atom. The topological polar surface area (TPSA) is 142 Å². The number of nitrogens with zero attached hydrogens (tertiary/aromatic N) is 1. The van der Waals surface area contributed by atoms with E-state index in [4.69, 9.17) is 12.2 Å². The summed E-state index contributed by atoms with van der Waals surface area (Å²) < 4.78 is 0. The lowest BCUT2D eigenvalue weighted by atomic mass is 10.1. The summed E-state index contributed by atoms with van der Waals surface area (Å²) in [6.45, 7) is 0. The van der Waals surface area contributed by atoms with Crippen molar-refractivity contribution in [3.63, 3.8) is 0 Å². The number of thiocarbonyl (C=S) groups is 1. The van der Waals surface area contributed by atoms with Gasteiger partial charge in [-0.1, -0.05) is 30.3 Å². The van der Waals surface area contributed by atoms with Gasteiger partial charge < -0.3 is 5.32 Å². The SMILES string of the molecule is O=C(CCC(=O)Nc1ccccc1)NNC(=S)NC(=O)c1ccccc1[N+](=O)[O-]. The van der Waals surface area contributed by atoms with Crippen molar-refractivity contribution in [3.8, 4) is 0 Å². The van der Waals surface area contributed by atoms with Gasteiger partial charge in [0.1, 0.15) is 5.56 Å². The van der Waals surface area contributed by atoms with E-state index in [0.29, 0.717) is 5.69 Å². The zero-order chi connectivity index (χ0) is 21.2. The highest BCUT2D eigenvalue weighted by Crippen LogP contribution is 2.17. The number of para-hydroxylation sites is 2. The average molecular weight is 415 g/mol. The van der Waals surface area contributed by atoms with Gasteiger partial charge >= 0.3 is 0 Å². The zero-order valence-electron chi connectivity index (χ0n) is 15.0. The van der Waals surface area contributed by atoms with Crippen LogP contribution in [-0.2, 0) is 9.59 Å². The van der Waals surface area contributed by atoms with Gasteiger partial charge in [0, 0.05) is 24.6 Å². The molecule has 10 nitrogen and oxygen atoms in total. The van der Waals surface area contributed by atoms with Gasteiger partial charge in [-0.3, -0.25) is 40.7 Å². The van der Waals surface area contributed by atoms with Gasteiger partial charge in [-0.05, 0) is 30.4 Å². The first kappa shape index (κ1) is 21.4. The first-order valence-corrected chi connectivity index (χ1v) is 8.76. The molecule has 0 saturated carbocycles. The van der Waals surface area contributed by atoms with Crippen LogP contribution in [-0.4, -0.2) is 27.8 Å². The van der Waals surface area contributed by atoms with Gasteiger partial charge in [0.15, 0.2) is 5.11 Å². The van der Waals surface area contributed by atoms with Crippen molar-refractivity contribution in [2.75, 3.05) is 5.32 Å². The maximum Gasteiger partial charge on any atom is 0.282 e. The van der Waals surface area contributed by atoms with E-state index in [1.165, 1.54) is 24.3 Å². The van der Waals surface area contributed by atoms with E-state index >= 15 is 0 Å². The number of anilines is 1. The Hall–Kier alpha value is -3.86. The molecule has 2 rings (SSSR count). The number of amides is 3. The van der Waals surface area contributed by atoms with Crippen LogP contribution in [0.3, 0.4) is 0 Å². The highest BCUT2D eigenvalue weighted by atomic mass is 32.1. The number of hydrazine groups is 1. The van der Waals surface area contributed by atoms with E-state index in [2.05, 4.69) is 21.5 Å². The summed E-state index contributed by atoms with van der Waals surface area (Å²) in [5.41, 5.74) is 4.61. The molecule has 0 aliphatic heterocycles. The minimum Gasteiger partial charge on any atom is -0.326 e. The molecule has 0 atom stereocenters. The van der Waals surface area contributed by atoms with Crippen molar-refractivity contribution in [1.29, 1.82) is 0 Å². The molecule has 150 valence electrons. The molecule has 0 heterocycles. The average Bonchev–Trinajstić information content (AvgIpc) is 2.71. The van der Waals surface area contributed by atoms with Crippen molar-refractivity contribution < 1.29 is 19.3 Å². The first-order valence-electron chi connectivity index (χ1n) is 8.35. The molecule has 0 unspecified atom stereocenters. The second-order valence-electron chi connectivity index (χ2n) is 5.64. The van der Waals surface area contributed by atoms with Crippen LogP contribution in [0.25, 0.3) is 0 Å². The second-order valence-corrected chi connectivity index (χ2v) is 6.05. The second kappa shape index (κ2) is 10.5. The van der Waals surface area contributed by atoms with E-state index in [9.17, 15) is 24.5 Å². The molecule has 11 heteroatoms. The van der Waals surface area contributed by atoms with Crippen LogP contribution in [0.1, 0.15) is 23.2 Å². The van der Waals surface area contributed by atoms with E-state index in [1.807, 2.05) is 6.07 Å². The Morgan fingerprint density at radius 3 is 2.21 bits per heavy atom. The fraction of sp³-hybridized carbons (Fsp3) is 0.111. The number of carbonyl (C=O) groups excluding carboxylic acids is 3. The van der Waals surface area contributed by atoms with Gasteiger partial charge in [0.25, 0.3) is 11.6 Å². The minimum atomic E-state index is -0.800. The predicted octanol–water partition coefficient (Wildman–Crippen LogP) is 1.65. The lowest BCUT2D eigenvalue weighted by Gasteiger charge is -2.11. The third-order valence-electron chi connectivity index (χ3n) is 3.52. The third kappa shape index (κ3) is 6.99. The Bertz CT molecular complexity index is 935. The Balaban J connectivity index is 1.74. The highest BCUT2D eigenvalue weighted by Gasteiger charge is 2.20. The molecule has 0 bridgehead atoms. The molecule has 0 radical (unpaired) electrons. The highest BCUT2D eigenvalue weighted by molar-refractivity contribution is 7.80. The van der Waals surface area contributed by atoms with Crippen LogP contribution in [0.2, 0.25) is 0 Å². The monoisotopic (exact) mass is 415 g/mol. The number of nitrogens with one attached hydrogen (secondary N) is 4. The molecule has 0 spiro atoms. The molecular weight excluding hydrogens is 398 g/mol. The van der Waals surface area contributed by atoms with Crippen molar-refractivity contribution in [2.24, 2.45) is 0 Å². The smallest absolute Gasteiger partial charge is 0.282 e. The largest absolute Gasteiger partial charge is 0.326 e. The lowest BCUT2D eigenvalue weighted by Crippen LogP contribution is -2.48. The van der Waals surface area contributed by atoms with Crippen LogP contribution in [0.4, 0.5) is 11.4 Å². The molecule has 29 heavy (non-hydrogen) atoms. The molecule has 0 saturated heterocycles. The summed E-state index contributed by atoms with van der Waals surface area (Å²) in [6, 6.07) is 14.2. The summed E-state index contributed by atoms with van der Waals surface area (Å²) in [6.07, 6.45) is -0.176. The minimum absolute atomic E-state index is 0.0578. The van der Waals surface area contributed by atoms with Gasteiger partial charge in [-0.25, -0.2) is 0 Å². The number of rotatable bonds is 6. The standard InChI is InChI=1S/C18H17N5O5S/c24-15(19-12-6-2-1-3-7-12)10-11-16(25)21-22-18(29)20-17(26)13-8-4-5-9-14(13)23(27)28/h1-9H,10-11H2,(H,19,24)(H,21,25)(H2,20,22,26,29). The summed E-state index contributed by atoms with van der Waals surface area (Å²) >= 11 is 4.87. The number of benzene rings is 2. The summed E-state index contributed by atoms with van der Waals surface area (Å²) in [7, 11) is 0. The molecule has 4 N–H and O–H groups in total.